The number of aliphatic hydroxyl groups is 1. The van der Waals surface area contributed by atoms with Gasteiger partial charge in [-0.15, -0.1) is 0 Å². The topological polar surface area (TPSA) is 37.3 Å². The Hall–Kier alpha value is -1.19. The van der Waals surface area contributed by atoms with Gasteiger partial charge in [-0.3, -0.25) is 0 Å². The minimum Gasteiger partial charge on any atom is -0.392 e. The molecule has 0 saturated heterocycles. The van der Waals surface area contributed by atoms with Crippen molar-refractivity contribution < 1.29 is 9.32 Å². The second kappa shape index (κ2) is 5.63. The SMILES string of the molecule is C=C(/C(C)=C/CO)S(=O)c1ccccc1. The number of allylic oxidation sites excluding steroid dienone is 1. The molecule has 0 saturated carbocycles. The van der Waals surface area contributed by atoms with E-state index in [0.717, 1.165) is 10.5 Å². The molecule has 0 fully saturated rings. The summed E-state index contributed by atoms with van der Waals surface area (Å²) < 4.78 is 12.0. The van der Waals surface area contributed by atoms with Crippen molar-refractivity contribution in [3.8, 4) is 0 Å². The molecule has 2 nitrogen and oxygen atoms in total. The molecule has 1 aromatic carbocycles. The Morgan fingerprint density at radius 1 is 1.47 bits per heavy atom. The zero-order valence-electron chi connectivity index (χ0n) is 8.64. The van der Waals surface area contributed by atoms with E-state index in [2.05, 4.69) is 6.58 Å². The summed E-state index contributed by atoms with van der Waals surface area (Å²) >= 11 is 0. The van der Waals surface area contributed by atoms with Gasteiger partial charge in [0.2, 0.25) is 0 Å². The number of hydrogen-bond acceptors (Lipinski definition) is 2. The smallest absolute Gasteiger partial charge is 0.0846 e. The maximum absolute atomic E-state index is 12.0. The monoisotopic (exact) mass is 222 g/mol. The van der Waals surface area contributed by atoms with Crippen LogP contribution in [0.15, 0.2) is 58.4 Å². The van der Waals surface area contributed by atoms with Crippen LogP contribution in [0.5, 0.6) is 0 Å². The Bertz CT molecular complexity index is 393. The van der Waals surface area contributed by atoms with Crippen molar-refractivity contribution in [2.75, 3.05) is 6.61 Å². The molecule has 1 atom stereocenters. The highest BCUT2D eigenvalue weighted by Gasteiger charge is 2.08. The summed E-state index contributed by atoms with van der Waals surface area (Å²) in [6.45, 7) is 5.50. The first-order valence-corrected chi connectivity index (χ1v) is 5.75. The molecule has 0 aliphatic rings. The van der Waals surface area contributed by atoms with Gasteiger partial charge < -0.3 is 5.11 Å². The van der Waals surface area contributed by atoms with Gasteiger partial charge in [-0.2, -0.15) is 0 Å². The molecule has 0 aliphatic carbocycles. The Kier molecular flexibility index (Phi) is 4.46. The van der Waals surface area contributed by atoms with Crippen molar-refractivity contribution in [3.05, 3.63) is 53.5 Å². The zero-order valence-corrected chi connectivity index (χ0v) is 9.46. The standard InChI is InChI=1S/C12H14O2S/c1-10(8-9-13)11(2)15(14)12-6-4-3-5-7-12/h3-8,13H,2,9H2,1H3/b10-8+. The van der Waals surface area contributed by atoms with E-state index in [1.165, 1.54) is 0 Å². The van der Waals surface area contributed by atoms with Gasteiger partial charge in [0.05, 0.1) is 17.4 Å². The lowest BCUT2D eigenvalue weighted by Crippen LogP contribution is -1.96. The molecule has 0 radical (unpaired) electrons. The van der Waals surface area contributed by atoms with Crippen LogP contribution in [-0.2, 0) is 10.8 Å². The summed E-state index contributed by atoms with van der Waals surface area (Å²) in [5.74, 6) is 0. The molecule has 1 aromatic rings. The summed E-state index contributed by atoms with van der Waals surface area (Å²) in [4.78, 5) is 1.27. The van der Waals surface area contributed by atoms with Gasteiger partial charge in [0, 0.05) is 9.80 Å². The molecule has 0 bridgehead atoms. The van der Waals surface area contributed by atoms with Crippen molar-refractivity contribution in [1.29, 1.82) is 0 Å². The predicted octanol–water partition coefficient (Wildman–Crippen LogP) is 2.25. The van der Waals surface area contributed by atoms with Gasteiger partial charge in [0.15, 0.2) is 0 Å². The molecular weight excluding hydrogens is 208 g/mol. The highest BCUT2D eigenvalue weighted by molar-refractivity contribution is 7.89. The Morgan fingerprint density at radius 2 is 2.07 bits per heavy atom. The Balaban J connectivity index is 2.88. The quantitative estimate of drug-likeness (QED) is 0.793. The molecule has 0 spiro atoms. The highest BCUT2D eigenvalue weighted by atomic mass is 32.2. The lowest BCUT2D eigenvalue weighted by atomic mass is 10.3. The zero-order chi connectivity index (χ0) is 11.3. The van der Waals surface area contributed by atoms with Crippen LogP contribution < -0.4 is 0 Å². The van der Waals surface area contributed by atoms with Crippen molar-refractivity contribution in [2.24, 2.45) is 0 Å². The van der Waals surface area contributed by atoms with Gasteiger partial charge in [0.1, 0.15) is 0 Å². The molecule has 80 valence electrons. The van der Waals surface area contributed by atoms with E-state index in [0.29, 0.717) is 4.91 Å². The van der Waals surface area contributed by atoms with E-state index < -0.39 is 10.8 Å². The van der Waals surface area contributed by atoms with Crippen molar-refractivity contribution in [3.63, 3.8) is 0 Å². The van der Waals surface area contributed by atoms with Gasteiger partial charge >= 0.3 is 0 Å². The Morgan fingerprint density at radius 3 is 2.60 bits per heavy atom. The first kappa shape index (κ1) is 11.9. The third kappa shape index (κ3) is 3.15. The highest BCUT2D eigenvalue weighted by Crippen LogP contribution is 2.18. The largest absolute Gasteiger partial charge is 0.392 e. The van der Waals surface area contributed by atoms with E-state index in [1.54, 1.807) is 25.1 Å². The lowest BCUT2D eigenvalue weighted by molar-refractivity contribution is 0.342. The van der Waals surface area contributed by atoms with Gasteiger partial charge in [-0.25, -0.2) is 4.21 Å². The molecule has 0 aromatic heterocycles. The minimum absolute atomic E-state index is 0.0587. The van der Waals surface area contributed by atoms with Crippen molar-refractivity contribution >= 4 is 10.8 Å². The molecule has 1 rings (SSSR count). The third-order valence-corrected chi connectivity index (χ3v) is 3.49. The van der Waals surface area contributed by atoms with Crippen LogP contribution in [0.4, 0.5) is 0 Å². The molecule has 3 heteroatoms. The van der Waals surface area contributed by atoms with Crippen molar-refractivity contribution in [1.82, 2.24) is 0 Å². The molecule has 0 heterocycles. The fourth-order valence-electron chi connectivity index (χ4n) is 1.08. The predicted molar refractivity (Wildman–Crippen MR) is 62.8 cm³/mol. The maximum atomic E-state index is 12.0. The van der Waals surface area contributed by atoms with Gasteiger partial charge in [-0.1, -0.05) is 30.9 Å². The average Bonchev–Trinajstić information content (AvgIpc) is 2.28. The fraction of sp³-hybridized carbons (Fsp3) is 0.167. The molecule has 0 amide bonds. The summed E-state index contributed by atoms with van der Waals surface area (Å²) in [6.07, 6.45) is 1.60. The van der Waals surface area contributed by atoms with Crippen LogP contribution in [0.3, 0.4) is 0 Å². The number of rotatable bonds is 4. The first-order valence-electron chi connectivity index (χ1n) is 4.60. The lowest BCUT2D eigenvalue weighted by Gasteiger charge is -2.05. The normalized spacial score (nSPS) is 13.6. The number of hydrogen-bond donors (Lipinski definition) is 1. The van der Waals surface area contributed by atoms with Gasteiger partial charge in [-0.05, 0) is 24.6 Å². The van der Waals surface area contributed by atoms with Crippen LogP contribution in [0, 0.1) is 0 Å². The van der Waals surface area contributed by atoms with E-state index in [-0.39, 0.29) is 6.61 Å². The van der Waals surface area contributed by atoms with E-state index >= 15 is 0 Å². The third-order valence-electron chi connectivity index (χ3n) is 2.02. The van der Waals surface area contributed by atoms with Crippen LogP contribution in [0.1, 0.15) is 6.92 Å². The fourth-order valence-corrected chi connectivity index (χ4v) is 2.15. The average molecular weight is 222 g/mol. The Labute approximate surface area is 92.4 Å². The van der Waals surface area contributed by atoms with Crippen LogP contribution in [0.2, 0.25) is 0 Å². The van der Waals surface area contributed by atoms with Crippen LogP contribution in [0.25, 0.3) is 0 Å². The van der Waals surface area contributed by atoms with E-state index in [1.807, 2.05) is 18.2 Å². The summed E-state index contributed by atoms with van der Waals surface area (Å²) in [5, 5.41) is 8.72. The van der Waals surface area contributed by atoms with E-state index in [9.17, 15) is 4.21 Å². The summed E-state index contributed by atoms with van der Waals surface area (Å²) in [6, 6.07) is 9.15. The van der Waals surface area contributed by atoms with E-state index in [4.69, 9.17) is 5.11 Å². The minimum atomic E-state index is -1.23. The molecule has 1 unspecified atom stereocenters. The number of aliphatic hydroxyl groups excluding tert-OH is 1. The molecule has 0 aliphatic heterocycles. The van der Waals surface area contributed by atoms with Gasteiger partial charge in [0.25, 0.3) is 0 Å². The van der Waals surface area contributed by atoms with Crippen LogP contribution >= 0.6 is 0 Å². The second-order valence-corrected chi connectivity index (χ2v) is 4.58. The maximum Gasteiger partial charge on any atom is 0.0846 e. The number of benzene rings is 1. The molecule has 15 heavy (non-hydrogen) atoms. The first-order chi connectivity index (χ1) is 7.16. The van der Waals surface area contributed by atoms with Crippen molar-refractivity contribution in [2.45, 2.75) is 11.8 Å². The second-order valence-electron chi connectivity index (χ2n) is 3.07. The molecular formula is C12H14O2S. The molecule has 1 N–H and O–H groups in total. The summed E-state index contributed by atoms with van der Waals surface area (Å²) in [7, 11) is -1.23. The van der Waals surface area contributed by atoms with Crippen LogP contribution in [-0.4, -0.2) is 15.9 Å². The summed E-state index contributed by atoms with van der Waals surface area (Å²) in [5.41, 5.74) is 0.764.